The van der Waals surface area contributed by atoms with E-state index in [0.717, 1.165) is 83.3 Å². The molecule has 5 nitrogen and oxygen atoms in total. The molecule has 77 heavy (non-hydrogen) atoms. The summed E-state index contributed by atoms with van der Waals surface area (Å²) in [7, 11) is 0. The number of rotatable bonds is 5. The van der Waals surface area contributed by atoms with E-state index in [1.54, 1.807) is 0 Å². The average Bonchev–Trinajstić information content (AvgIpc) is 4.24. The van der Waals surface area contributed by atoms with Gasteiger partial charge in [-0.1, -0.05) is 151 Å². The highest BCUT2D eigenvalue weighted by Crippen LogP contribution is 2.54. The van der Waals surface area contributed by atoms with E-state index in [1.807, 2.05) is 11.3 Å². The largest absolute Gasteiger partial charge is 0.456 e. The van der Waals surface area contributed by atoms with Crippen LogP contribution in [0.5, 0.6) is 0 Å². The first kappa shape index (κ1) is 44.5. The highest BCUT2D eigenvalue weighted by molar-refractivity contribution is 7.32. The van der Waals surface area contributed by atoms with Crippen molar-refractivity contribution in [3.05, 3.63) is 217 Å². The molecule has 2 aliphatic heterocycles. The molecule has 0 fully saturated rings. The van der Waals surface area contributed by atoms with Crippen molar-refractivity contribution < 1.29 is 8.83 Å². The van der Waals surface area contributed by atoms with Crippen LogP contribution in [0.15, 0.2) is 215 Å². The molecule has 0 amide bonds. The highest BCUT2D eigenvalue weighted by Gasteiger charge is 2.48. The monoisotopic (exact) mass is 1010 g/mol. The van der Waals surface area contributed by atoms with E-state index in [4.69, 9.17) is 8.83 Å². The average molecular weight is 1010 g/mol. The zero-order chi connectivity index (χ0) is 51.6. The maximum atomic E-state index is 7.36. The number of benzene rings is 10. The molecule has 6 heterocycles. The number of aromatic nitrogens is 1. The van der Waals surface area contributed by atoms with Gasteiger partial charge in [0.25, 0.3) is 0 Å². The molecule has 14 aromatic rings. The van der Waals surface area contributed by atoms with E-state index < -0.39 is 0 Å². The van der Waals surface area contributed by atoms with Gasteiger partial charge in [0, 0.05) is 81.9 Å². The van der Waals surface area contributed by atoms with Crippen molar-refractivity contribution in [1.82, 2.24) is 4.57 Å². The first-order valence-corrected chi connectivity index (χ1v) is 27.7. The van der Waals surface area contributed by atoms with Crippen molar-refractivity contribution in [2.24, 2.45) is 0 Å². The minimum absolute atomic E-state index is 0.0201. The third kappa shape index (κ3) is 6.41. The lowest BCUT2D eigenvalue weighted by Crippen LogP contribution is -2.59. The van der Waals surface area contributed by atoms with Crippen LogP contribution in [-0.2, 0) is 10.8 Å². The molecule has 2 aliphatic rings. The number of furan rings is 2. The van der Waals surface area contributed by atoms with Gasteiger partial charge in [-0.3, -0.25) is 0 Å². The standard InChI is InChI=1S/C70H52BN3O2S/c1-69(2,3)43-27-30-47(31-28-43)74-56-40-59-51(50-38-48(32-34-58(50)75-59)72(45-20-12-8-13-21-45)46-22-14-9-15-23-46)39-53(56)61-62-49-24-16-17-25-57(49)76-67(62)63-52-37-44(70(4,5)6)29-33-55(52)73-65-54-36-42(41-18-10-7-11-19-41)26-35-60(54)77-68(65)71(74)64(61)66(63)73/h7-40H,1-6H3. The molecule has 0 aliphatic carbocycles. The number of hydrogen-bond acceptors (Lipinski definition) is 5. The van der Waals surface area contributed by atoms with E-state index in [2.05, 4.69) is 262 Å². The second-order valence-corrected chi connectivity index (χ2v) is 24.3. The Balaban J connectivity index is 1.07. The summed E-state index contributed by atoms with van der Waals surface area (Å²) in [6.07, 6.45) is 0. The first-order valence-electron chi connectivity index (χ1n) is 26.8. The molecule has 0 saturated carbocycles. The van der Waals surface area contributed by atoms with Gasteiger partial charge in [-0.2, -0.15) is 0 Å². The lowest BCUT2D eigenvalue weighted by atomic mass is 9.47. The second-order valence-electron chi connectivity index (χ2n) is 23.2. The summed E-state index contributed by atoms with van der Waals surface area (Å²) in [6, 6.07) is 75.9. The number of para-hydroxylation sites is 3. The Morgan fingerprint density at radius 2 is 1.14 bits per heavy atom. The van der Waals surface area contributed by atoms with Crippen LogP contribution in [0.1, 0.15) is 52.7 Å². The Morgan fingerprint density at radius 1 is 0.481 bits per heavy atom. The Hall–Kier alpha value is -8.78. The van der Waals surface area contributed by atoms with Crippen molar-refractivity contribution in [2.45, 2.75) is 52.4 Å². The van der Waals surface area contributed by atoms with Crippen molar-refractivity contribution in [3.63, 3.8) is 0 Å². The summed E-state index contributed by atoms with van der Waals surface area (Å²) in [5.74, 6) is 0. The van der Waals surface area contributed by atoms with Crippen LogP contribution in [0.4, 0.5) is 28.4 Å². The van der Waals surface area contributed by atoms with E-state index in [9.17, 15) is 0 Å². The molecular weight excluding hydrogens is 958 g/mol. The number of thiophene rings is 1. The third-order valence-electron chi connectivity index (χ3n) is 16.6. The molecule has 16 rings (SSSR count). The third-order valence-corrected chi connectivity index (χ3v) is 17.8. The number of fused-ring (bicyclic) bond motifs is 18. The van der Waals surface area contributed by atoms with Crippen molar-refractivity contribution in [3.8, 4) is 27.9 Å². The normalized spacial score (nSPS) is 13.3. The van der Waals surface area contributed by atoms with Gasteiger partial charge < -0.3 is 23.1 Å². The second kappa shape index (κ2) is 15.9. The SMILES string of the molecule is CC(C)(C)c1ccc(N2B3c4sc5ccc(-c6ccccc6)cc5c4-n4c5ccc(C(C)(C)C)cc5c5c6oc7ccccc7c6c(c3c54)-c3cc4c(cc32)oc2ccc(N(c3ccccc3)c3ccccc3)cc24)cc1. The molecule has 0 N–H and O–H groups in total. The maximum Gasteiger partial charge on any atom is 0.343 e. The lowest BCUT2D eigenvalue weighted by molar-refractivity contribution is 0.590. The lowest BCUT2D eigenvalue weighted by Gasteiger charge is -2.41. The van der Waals surface area contributed by atoms with Crippen LogP contribution in [0, 0.1) is 0 Å². The van der Waals surface area contributed by atoms with Gasteiger partial charge in [0.2, 0.25) is 0 Å². The van der Waals surface area contributed by atoms with Crippen molar-refractivity contribution >= 4 is 133 Å². The Morgan fingerprint density at radius 3 is 1.87 bits per heavy atom. The van der Waals surface area contributed by atoms with Crippen LogP contribution >= 0.6 is 11.3 Å². The summed E-state index contributed by atoms with van der Waals surface area (Å²) in [5, 5.41) is 8.03. The summed E-state index contributed by atoms with van der Waals surface area (Å²) < 4.78 is 19.6. The molecule has 368 valence electrons. The van der Waals surface area contributed by atoms with Crippen LogP contribution in [0.2, 0.25) is 0 Å². The van der Waals surface area contributed by atoms with E-state index in [1.165, 1.54) is 70.2 Å². The fraction of sp³-hybridized carbons (Fsp3) is 0.114. The smallest absolute Gasteiger partial charge is 0.343 e. The molecule has 0 bridgehead atoms. The summed E-state index contributed by atoms with van der Waals surface area (Å²) in [6.45, 7) is 13.6. The Bertz CT molecular complexity index is 4720. The van der Waals surface area contributed by atoms with Gasteiger partial charge >= 0.3 is 6.85 Å². The Kier molecular flexibility index (Phi) is 9.18. The van der Waals surface area contributed by atoms with Gasteiger partial charge in [-0.15, -0.1) is 11.3 Å². The molecule has 10 aromatic carbocycles. The zero-order valence-electron chi connectivity index (χ0n) is 43.8. The predicted molar refractivity (Wildman–Crippen MR) is 327 cm³/mol. The fourth-order valence-electron chi connectivity index (χ4n) is 12.9. The minimum Gasteiger partial charge on any atom is -0.456 e. The van der Waals surface area contributed by atoms with Gasteiger partial charge in [0.15, 0.2) is 0 Å². The van der Waals surface area contributed by atoms with Crippen LogP contribution in [0.3, 0.4) is 0 Å². The van der Waals surface area contributed by atoms with E-state index in [0.29, 0.717) is 0 Å². The van der Waals surface area contributed by atoms with Crippen LogP contribution in [-0.4, -0.2) is 11.4 Å². The van der Waals surface area contributed by atoms with Gasteiger partial charge in [-0.05, 0) is 135 Å². The zero-order valence-corrected chi connectivity index (χ0v) is 44.6. The number of anilines is 5. The number of nitrogens with zero attached hydrogens (tertiary/aromatic N) is 3. The molecule has 7 heteroatoms. The Labute approximate surface area is 450 Å². The molecule has 0 atom stereocenters. The quantitative estimate of drug-likeness (QED) is 0.161. The summed E-state index contributed by atoms with van der Waals surface area (Å²) in [4.78, 5) is 4.98. The summed E-state index contributed by atoms with van der Waals surface area (Å²) >= 11 is 1.93. The fourth-order valence-corrected chi connectivity index (χ4v) is 14.2. The van der Waals surface area contributed by atoms with Gasteiger partial charge in [-0.25, -0.2) is 0 Å². The molecule has 0 spiro atoms. The highest BCUT2D eigenvalue weighted by atomic mass is 32.1. The first-order chi connectivity index (χ1) is 37.5. The van der Waals surface area contributed by atoms with Gasteiger partial charge in [0.1, 0.15) is 22.3 Å². The topological polar surface area (TPSA) is 37.7 Å². The van der Waals surface area contributed by atoms with Crippen LogP contribution in [0.25, 0.3) is 104 Å². The predicted octanol–water partition coefficient (Wildman–Crippen LogP) is 18.8. The molecule has 0 radical (unpaired) electrons. The van der Waals surface area contributed by atoms with Gasteiger partial charge in [0.05, 0.1) is 22.1 Å². The van der Waals surface area contributed by atoms with Crippen molar-refractivity contribution in [2.75, 3.05) is 9.71 Å². The molecule has 0 saturated heterocycles. The molecule has 4 aromatic heterocycles. The number of hydrogen-bond donors (Lipinski definition) is 0. The van der Waals surface area contributed by atoms with E-state index in [-0.39, 0.29) is 17.7 Å². The molecular formula is C70H52BN3O2S. The van der Waals surface area contributed by atoms with Crippen LogP contribution < -0.4 is 20.0 Å². The summed E-state index contributed by atoms with van der Waals surface area (Å²) in [5.41, 5.74) is 21.2. The molecule has 0 unspecified atom stereocenters. The maximum absolute atomic E-state index is 7.36. The van der Waals surface area contributed by atoms with E-state index >= 15 is 0 Å². The minimum atomic E-state index is -0.205. The van der Waals surface area contributed by atoms with Crippen molar-refractivity contribution in [1.29, 1.82) is 0 Å².